The Bertz CT molecular complexity index is 567. The Morgan fingerprint density at radius 3 is 2.56 bits per heavy atom. The molecule has 90 valence electrons. The summed E-state index contributed by atoms with van der Waals surface area (Å²) >= 11 is 0. The van der Waals surface area contributed by atoms with Crippen LogP contribution in [0.1, 0.15) is 18.2 Å². The number of aryl methyl sites for hydroxylation is 1. The molecule has 0 aliphatic carbocycles. The normalized spacial score (nSPS) is 9.83. The third-order valence-corrected chi connectivity index (χ3v) is 2.99. The largest absolute Gasteiger partial charge is 0.342 e. The molecule has 0 atom stereocenters. The van der Waals surface area contributed by atoms with Crippen molar-refractivity contribution >= 4 is 11.4 Å². The Kier molecular flexibility index (Phi) is 3.59. The van der Waals surface area contributed by atoms with Gasteiger partial charge in [0.25, 0.3) is 0 Å². The fourth-order valence-corrected chi connectivity index (χ4v) is 1.85. The SMILES string of the molecule is CCc1ccc(N(C)c2cccnc2C#N)cc1. The number of hydrogen-bond acceptors (Lipinski definition) is 3. The maximum atomic E-state index is 9.06. The topological polar surface area (TPSA) is 39.9 Å². The molecule has 2 rings (SSSR count). The van der Waals surface area contributed by atoms with E-state index < -0.39 is 0 Å². The van der Waals surface area contributed by atoms with Crippen molar-refractivity contribution in [2.45, 2.75) is 13.3 Å². The van der Waals surface area contributed by atoms with E-state index >= 15 is 0 Å². The van der Waals surface area contributed by atoms with Crippen LogP contribution >= 0.6 is 0 Å². The van der Waals surface area contributed by atoms with Gasteiger partial charge in [-0.15, -0.1) is 0 Å². The summed E-state index contributed by atoms with van der Waals surface area (Å²) in [6.45, 7) is 2.13. The van der Waals surface area contributed by atoms with Gasteiger partial charge in [0.1, 0.15) is 6.07 Å². The van der Waals surface area contributed by atoms with Crippen LogP contribution in [0.15, 0.2) is 42.6 Å². The van der Waals surface area contributed by atoms with Crippen molar-refractivity contribution in [3.63, 3.8) is 0 Å². The highest BCUT2D eigenvalue weighted by Gasteiger charge is 2.09. The smallest absolute Gasteiger partial charge is 0.164 e. The summed E-state index contributed by atoms with van der Waals surface area (Å²) in [6.07, 6.45) is 2.66. The standard InChI is InChI=1S/C15H15N3/c1-3-12-6-8-13(9-7-12)18(2)15-5-4-10-17-14(15)11-16/h4-10H,3H2,1-2H3. The molecule has 0 spiro atoms. The fourth-order valence-electron chi connectivity index (χ4n) is 1.85. The minimum absolute atomic E-state index is 0.444. The van der Waals surface area contributed by atoms with Crippen LogP contribution in [0.5, 0.6) is 0 Å². The number of nitrogens with zero attached hydrogens (tertiary/aromatic N) is 3. The van der Waals surface area contributed by atoms with Gasteiger partial charge in [-0.05, 0) is 36.2 Å². The zero-order valence-electron chi connectivity index (χ0n) is 10.6. The van der Waals surface area contributed by atoms with Gasteiger partial charge in [-0.3, -0.25) is 0 Å². The van der Waals surface area contributed by atoms with E-state index in [1.54, 1.807) is 6.20 Å². The third kappa shape index (κ3) is 2.33. The van der Waals surface area contributed by atoms with E-state index in [1.165, 1.54) is 5.56 Å². The Balaban J connectivity index is 2.35. The zero-order chi connectivity index (χ0) is 13.0. The predicted octanol–water partition coefficient (Wildman–Crippen LogP) is 3.28. The number of rotatable bonds is 3. The van der Waals surface area contributed by atoms with Crippen molar-refractivity contribution in [3.05, 3.63) is 53.9 Å². The molecule has 0 N–H and O–H groups in total. The van der Waals surface area contributed by atoms with E-state index in [2.05, 4.69) is 42.2 Å². The summed E-state index contributed by atoms with van der Waals surface area (Å²) < 4.78 is 0. The number of nitriles is 1. The molecule has 1 aromatic heterocycles. The van der Waals surface area contributed by atoms with Crippen LogP contribution in [-0.4, -0.2) is 12.0 Å². The Hall–Kier alpha value is -2.34. The van der Waals surface area contributed by atoms with Crippen LogP contribution in [0.2, 0.25) is 0 Å². The van der Waals surface area contributed by atoms with Crippen molar-refractivity contribution < 1.29 is 0 Å². The predicted molar refractivity (Wildman–Crippen MR) is 72.8 cm³/mol. The van der Waals surface area contributed by atoms with Crippen LogP contribution in [-0.2, 0) is 6.42 Å². The number of anilines is 2. The molecule has 0 aliphatic heterocycles. The maximum Gasteiger partial charge on any atom is 0.164 e. The van der Waals surface area contributed by atoms with E-state index in [4.69, 9.17) is 5.26 Å². The molecule has 1 aromatic carbocycles. The second-order valence-corrected chi connectivity index (χ2v) is 4.06. The fraction of sp³-hybridized carbons (Fsp3) is 0.200. The van der Waals surface area contributed by atoms with Crippen molar-refractivity contribution in [2.75, 3.05) is 11.9 Å². The van der Waals surface area contributed by atoms with Gasteiger partial charge in [0.2, 0.25) is 0 Å². The first-order chi connectivity index (χ1) is 8.76. The first-order valence-corrected chi connectivity index (χ1v) is 5.94. The number of hydrogen-bond donors (Lipinski definition) is 0. The van der Waals surface area contributed by atoms with Crippen LogP contribution < -0.4 is 4.90 Å². The molecule has 0 saturated heterocycles. The lowest BCUT2D eigenvalue weighted by Crippen LogP contribution is -2.11. The molecule has 0 amide bonds. The highest BCUT2D eigenvalue weighted by Crippen LogP contribution is 2.25. The van der Waals surface area contributed by atoms with Crippen molar-refractivity contribution in [1.29, 1.82) is 5.26 Å². The van der Waals surface area contributed by atoms with E-state index in [0.29, 0.717) is 5.69 Å². The van der Waals surface area contributed by atoms with Gasteiger partial charge < -0.3 is 4.90 Å². The molecule has 3 heteroatoms. The molecule has 0 bridgehead atoms. The summed E-state index contributed by atoms with van der Waals surface area (Å²) in [5, 5.41) is 9.06. The average molecular weight is 237 g/mol. The van der Waals surface area contributed by atoms with Gasteiger partial charge in [0.15, 0.2) is 5.69 Å². The Morgan fingerprint density at radius 2 is 1.94 bits per heavy atom. The highest BCUT2D eigenvalue weighted by atomic mass is 15.1. The van der Waals surface area contributed by atoms with Gasteiger partial charge in [0.05, 0.1) is 5.69 Å². The quantitative estimate of drug-likeness (QED) is 0.822. The summed E-state index contributed by atoms with van der Waals surface area (Å²) in [5.74, 6) is 0. The van der Waals surface area contributed by atoms with Gasteiger partial charge >= 0.3 is 0 Å². The van der Waals surface area contributed by atoms with Gasteiger partial charge in [-0.1, -0.05) is 19.1 Å². The van der Waals surface area contributed by atoms with E-state index in [1.807, 2.05) is 24.1 Å². The first kappa shape index (κ1) is 12.1. The zero-order valence-corrected chi connectivity index (χ0v) is 10.6. The third-order valence-electron chi connectivity index (χ3n) is 2.99. The Labute approximate surface area is 107 Å². The number of pyridine rings is 1. The molecule has 0 unspecified atom stereocenters. The second-order valence-electron chi connectivity index (χ2n) is 4.06. The van der Waals surface area contributed by atoms with Crippen molar-refractivity contribution in [2.24, 2.45) is 0 Å². The summed E-state index contributed by atoms with van der Waals surface area (Å²) in [6, 6.07) is 14.2. The summed E-state index contributed by atoms with van der Waals surface area (Å²) in [7, 11) is 1.94. The molecular weight excluding hydrogens is 222 g/mol. The summed E-state index contributed by atoms with van der Waals surface area (Å²) in [4.78, 5) is 6.05. The van der Waals surface area contributed by atoms with Crippen molar-refractivity contribution in [1.82, 2.24) is 4.98 Å². The molecule has 3 nitrogen and oxygen atoms in total. The first-order valence-electron chi connectivity index (χ1n) is 5.94. The Morgan fingerprint density at radius 1 is 1.22 bits per heavy atom. The minimum atomic E-state index is 0.444. The maximum absolute atomic E-state index is 9.06. The van der Waals surface area contributed by atoms with Crippen LogP contribution in [0.4, 0.5) is 11.4 Å². The van der Waals surface area contributed by atoms with E-state index in [9.17, 15) is 0 Å². The monoisotopic (exact) mass is 237 g/mol. The minimum Gasteiger partial charge on any atom is -0.342 e. The second kappa shape index (κ2) is 5.33. The van der Waals surface area contributed by atoms with Crippen LogP contribution in [0.3, 0.4) is 0 Å². The number of benzene rings is 1. The lowest BCUT2D eigenvalue weighted by molar-refractivity contribution is 1.12. The molecule has 18 heavy (non-hydrogen) atoms. The molecule has 1 heterocycles. The molecule has 0 aliphatic rings. The molecule has 0 saturated carbocycles. The lowest BCUT2D eigenvalue weighted by Gasteiger charge is -2.20. The van der Waals surface area contributed by atoms with E-state index in [-0.39, 0.29) is 0 Å². The van der Waals surface area contributed by atoms with Crippen molar-refractivity contribution in [3.8, 4) is 6.07 Å². The average Bonchev–Trinajstić information content (AvgIpc) is 2.46. The lowest BCUT2D eigenvalue weighted by atomic mass is 10.1. The van der Waals surface area contributed by atoms with E-state index in [0.717, 1.165) is 17.8 Å². The highest BCUT2D eigenvalue weighted by molar-refractivity contribution is 5.66. The molecule has 2 aromatic rings. The number of aromatic nitrogens is 1. The molecular formula is C15H15N3. The summed E-state index contributed by atoms with van der Waals surface area (Å²) in [5.41, 5.74) is 3.62. The van der Waals surface area contributed by atoms with Gasteiger partial charge in [0, 0.05) is 18.9 Å². The van der Waals surface area contributed by atoms with Gasteiger partial charge in [-0.2, -0.15) is 5.26 Å². The van der Waals surface area contributed by atoms with Crippen LogP contribution in [0.25, 0.3) is 0 Å². The molecule has 0 radical (unpaired) electrons. The molecule has 0 fully saturated rings. The van der Waals surface area contributed by atoms with Crippen LogP contribution in [0, 0.1) is 11.3 Å². The van der Waals surface area contributed by atoms with Gasteiger partial charge in [-0.25, -0.2) is 4.98 Å².